The number of aryl methyl sites for hydroxylation is 2. The largest absolute Gasteiger partial charge is 0.280 e. The molecule has 22 heavy (non-hydrogen) atoms. The van der Waals surface area contributed by atoms with E-state index in [1.165, 1.54) is 0 Å². The molecule has 0 aromatic heterocycles. The lowest BCUT2D eigenvalue weighted by Crippen LogP contribution is -2.13. The molecule has 0 radical (unpaired) electrons. The zero-order valence-electron chi connectivity index (χ0n) is 13.6. The molecular weight excluding hydrogens is 294 g/mol. The lowest BCUT2D eigenvalue weighted by molar-refractivity contribution is 0.601. The third-order valence-corrected chi connectivity index (χ3v) is 5.24. The number of sulfonamides is 1. The van der Waals surface area contributed by atoms with Crippen molar-refractivity contribution in [3.8, 4) is 0 Å². The number of anilines is 1. The Balaban J connectivity index is 2.26. The Bertz CT molecular complexity index is 729. The zero-order valence-corrected chi connectivity index (χ0v) is 14.4. The van der Waals surface area contributed by atoms with Gasteiger partial charge in [0.25, 0.3) is 10.0 Å². The molecule has 2 aromatic carbocycles. The summed E-state index contributed by atoms with van der Waals surface area (Å²) >= 11 is 0. The predicted molar refractivity (Wildman–Crippen MR) is 91.9 cm³/mol. The van der Waals surface area contributed by atoms with Gasteiger partial charge in [0.05, 0.1) is 4.90 Å². The van der Waals surface area contributed by atoms with Crippen LogP contribution in [-0.2, 0) is 10.0 Å². The fourth-order valence-electron chi connectivity index (χ4n) is 2.46. The van der Waals surface area contributed by atoms with E-state index in [1.54, 1.807) is 12.1 Å². The Hall–Kier alpha value is -1.81. The number of rotatable bonds is 5. The molecule has 0 saturated heterocycles. The van der Waals surface area contributed by atoms with Crippen molar-refractivity contribution in [2.45, 2.75) is 44.9 Å². The second-order valence-corrected chi connectivity index (χ2v) is 7.54. The molecule has 0 heterocycles. The van der Waals surface area contributed by atoms with Gasteiger partial charge in [-0.25, -0.2) is 8.42 Å². The third kappa shape index (κ3) is 3.89. The monoisotopic (exact) mass is 317 g/mol. The van der Waals surface area contributed by atoms with E-state index in [9.17, 15) is 8.42 Å². The van der Waals surface area contributed by atoms with Crippen LogP contribution in [0.1, 0.15) is 42.9 Å². The first-order chi connectivity index (χ1) is 10.3. The minimum Gasteiger partial charge on any atom is -0.280 e. The summed E-state index contributed by atoms with van der Waals surface area (Å²) in [6, 6.07) is 12.8. The summed E-state index contributed by atoms with van der Waals surface area (Å²) in [7, 11) is -3.55. The summed E-state index contributed by atoms with van der Waals surface area (Å²) < 4.78 is 27.6. The molecule has 2 rings (SSSR count). The van der Waals surface area contributed by atoms with Crippen LogP contribution in [0.2, 0.25) is 0 Å². The van der Waals surface area contributed by atoms with Crippen LogP contribution < -0.4 is 4.72 Å². The second-order valence-electron chi connectivity index (χ2n) is 5.86. The number of nitrogens with one attached hydrogen (secondary N) is 1. The summed E-state index contributed by atoms with van der Waals surface area (Å²) in [4.78, 5) is 0.290. The van der Waals surface area contributed by atoms with Crippen LogP contribution in [0.5, 0.6) is 0 Å². The molecule has 0 aliphatic heterocycles. The van der Waals surface area contributed by atoms with Gasteiger partial charge in [0, 0.05) is 5.69 Å². The highest BCUT2D eigenvalue weighted by Crippen LogP contribution is 2.22. The van der Waals surface area contributed by atoms with Gasteiger partial charge in [0.15, 0.2) is 0 Å². The van der Waals surface area contributed by atoms with Gasteiger partial charge >= 0.3 is 0 Å². The van der Waals surface area contributed by atoms with Crippen LogP contribution in [0.3, 0.4) is 0 Å². The number of hydrogen-bond acceptors (Lipinski definition) is 2. The SMILES string of the molecule is CC[C@@H](C)c1ccc(S(=O)(=O)Nc2cc(C)cc(C)c2)cc1. The summed E-state index contributed by atoms with van der Waals surface area (Å²) in [5.41, 5.74) is 3.82. The Labute approximate surface area is 133 Å². The van der Waals surface area contributed by atoms with E-state index in [4.69, 9.17) is 0 Å². The van der Waals surface area contributed by atoms with Crippen molar-refractivity contribution in [1.82, 2.24) is 0 Å². The van der Waals surface area contributed by atoms with Gasteiger partial charge in [-0.3, -0.25) is 4.72 Å². The standard InChI is InChI=1S/C18H23NO2S/c1-5-15(4)16-6-8-18(9-7-16)22(20,21)19-17-11-13(2)10-14(3)12-17/h6-12,15,19H,5H2,1-4H3/t15-/m1/s1. The van der Waals surface area contributed by atoms with Crippen LogP contribution in [0, 0.1) is 13.8 Å². The molecule has 1 N–H and O–H groups in total. The van der Waals surface area contributed by atoms with Crippen LogP contribution in [0.15, 0.2) is 47.4 Å². The van der Waals surface area contributed by atoms with Crippen molar-refractivity contribution in [3.05, 3.63) is 59.2 Å². The van der Waals surface area contributed by atoms with Crippen LogP contribution in [0.25, 0.3) is 0 Å². The highest BCUT2D eigenvalue weighted by atomic mass is 32.2. The van der Waals surface area contributed by atoms with Gasteiger partial charge in [0.1, 0.15) is 0 Å². The van der Waals surface area contributed by atoms with Crippen molar-refractivity contribution in [2.75, 3.05) is 4.72 Å². The summed E-state index contributed by atoms with van der Waals surface area (Å²) in [6.45, 7) is 8.16. The number of hydrogen-bond donors (Lipinski definition) is 1. The van der Waals surface area contributed by atoms with Gasteiger partial charge in [-0.05, 0) is 67.1 Å². The first-order valence-corrected chi connectivity index (χ1v) is 9.01. The van der Waals surface area contributed by atoms with E-state index in [2.05, 4.69) is 18.6 Å². The average Bonchev–Trinajstić information content (AvgIpc) is 2.45. The lowest BCUT2D eigenvalue weighted by Gasteiger charge is -2.12. The van der Waals surface area contributed by atoms with Crippen molar-refractivity contribution < 1.29 is 8.42 Å². The van der Waals surface area contributed by atoms with Gasteiger partial charge < -0.3 is 0 Å². The Morgan fingerprint density at radius 1 is 1.00 bits per heavy atom. The molecule has 3 nitrogen and oxygen atoms in total. The maximum atomic E-state index is 12.5. The maximum absolute atomic E-state index is 12.5. The topological polar surface area (TPSA) is 46.2 Å². The number of benzene rings is 2. The van der Waals surface area contributed by atoms with Crippen LogP contribution in [0.4, 0.5) is 5.69 Å². The molecule has 0 spiro atoms. The smallest absolute Gasteiger partial charge is 0.261 e. The average molecular weight is 317 g/mol. The molecule has 0 unspecified atom stereocenters. The summed E-state index contributed by atoms with van der Waals surface area (Å²) in [5, 5.41) is 0. The van der Waals surface area contributed by atoms with E-state index in [0.717, 1.165) is 23.1 Å². The fraction of sp³-hybridized carbons (Fsp3) is 0.333. The molecule has 0 aliphatic carbocycles. The Morgan fingerprint density at radius 3 is 2.05 bits per heavy atom. The van der Waals surface area contributed by atoms with E-state index < -0.39 is 10.0 Å². The first-order valence-electron chi connectivity index (χ1n) is 7.53. The maximum Gasteiger partial charge on any atom is 0.261 e. The fourth-order valence-corrected chi connectivity index (χ4v) is 3.50. The van der Waals surface area contributed by atoms with E-state index in [0.29, 0.717) is 16.5 Å². The third-order valence-electron chi connectivity index (χ3n) is 3.85. The molecular formula is C18H23NO2S. The second kappa shape index (κ2) is 6.53. The van der Waals surface area contributed by atoms with Crippen molar-refractivity contribution >= 4 is 15.7 Å². The van der Waals surface area contributed by atoms with Crippen LogP contribution in [-0.4, -0.2) is 8.42 Å². The molecule has 118 valence electrons. The molecule has 0 amide bonds. The Morgan fingerprint density at radius 2 is 1.55 bits per heavy atom. The van der Waals surface area contributed by atoms with Gasteiger partial charge in [-0.2, -0.15) is 0 Å². The molecule has 0 saturated carbocycles. The molecule has 2 aromatic rings. The zero-order chi connectivity index (χ0) is 16.3. The molecule has 1 atom stereocenters. The van der Waals surface area contributed by atoms with Gasteiger partial charge in [0.2, 0.25) is 0 Å². The normalized spacial score (nSPS) is 12.9. The van der Waals surface area contributed by atoms with Crippen molar-refractivity contribution in [1.29, 1.82) is 0 Å². The first kappa shape index (κ1) is 16.6. The van der Waals surface area contributed by atoms with Crippen LogP contribution >= 0.6 is 0 Å². The van der Waals surface area contributed by atoms with E-state index in [-0.39, 0.29) is 0 Å². The predicted octanol–water partition coefficient (Wildman–Crippen LogP) is 4.62. The van der Waals surface area contributed by atoms with Crippen molar-refractivity contribution in [3.63, 3.8) is 0 Å². The van der Waals surface area contributed by atoms with Gasteiger partial charge in [-0.1, -0.05) is 32.0 Å². The highest BCUT2D eigenvalue weighted by molar-refractivity contribution is 7.92. The molecule has 0 fully saturated rings. The summed E-state index contributed by atoms with van der Waals surface area (Å²) in [5.74, 6) is 0.434. The van der Waals surface area contributed by atoms with E-state index >= 15 is 0 Å². The minimum absolute atomic E-state index is 0.290. The highest BCUT2D eigenvalue weighted by Gasteiger charge is 2.15. The Kier molecular flexibility index (Phi) is 4.91. The quantitative estimate of drug-likeness (QED) is 0.874. The lowest BCUT2D eigenvalue weighted by atomic mass is 9.99. The molecule has 4 heteroatoms. The molecule has 0 aliphatic rings. The minimum atomic E-state index is -3.55. The summed E-state index contributed by atoms with van der Waals surface area (Å²) in [6.07, 6.45) is 1.03. The molecule has 0 bridgehead atoms. The van der Waals surface area contributed by atoms with Crippen molar-refractivity contribution in [2.24, 2.45) is 0 Å². The van der Waals surface area contributed by atoms with Gasteiger partial charge in [-0.15, -0.1) is 0 Å². The van der Waals surface area contributed by atoms with E-state index in [1.807, 2.05) is 44.2 Å².